The number of hydrogen-bond donors (Lipinski definition) is 0. The van der Waals surface area contributed by atoms with Crippen molar-refractivity contribution >= 4 is 41.4 Å². The highest BCUT2D eigenvalue weighted by Gasteiger charge is 2.26. The third kappa shape index (κ3) is 3.50. The van der Waals surface area contributed by atoms with Crippen LogP contribution in [-0.4, -0.2) is 20.0 Å². The van der Waals surface area contributed by atoms with Gasteiger partial charge < -0.3 is 4.74 Å². The molecule has 1 aromatic rings. The molecule has 0 saturated heterocycles. The molecule has 6 nitrogen and oxygen atoms in total. The predicted octanol–water partition coefficient (Wildman–Crippen LogP) is 2.89. The van der Waals surface area contributed by atoms with Crippen molar-refractivity contribution in [2.45, 2.75) is 11.5 Å². The first kappa shape index (κ1) is 15.1. The Morgan fingerprint density at radius 2 is 2.00 bits per heavy atom. The van der Waals surface area contributed by atoms with Crippen LogP contribution in [0.1, 0.15) is 0 Å². The van der Waals surface area contributed by atoms with Crippen molar-refractivity contribution in [1.29, 1.82) is 0 Å². The molecule has 0 atom stereocenters. The first-order valence-electron chi connectivity index (χ1n) is 4.00. The summed E-state index contributed by atoms with van der Waals surface area (Å²) < 4.78 is 49.7. The Bertz CT molecular complexity index is 594. The van der Waals surface area contributed by atoms with Crippen LogP contribution in [0.15, 0.2) is 21.5 Å². The predicted molar refractivity (Wildman–Crippen MR) is 60.5 cm³/mol. The highest BCUT2D eigenvalue weighted by molar-refractivity contribution is 9.10. The molecule has 0 spiro atoms. The minimum absolute atomic E-state index is 0.441. The molecular formula is C7H3BrClF2NO5S. The van der Waals surface area contributed by atoms with Crippen LogP contribution >= 0.6 is 26.6 Å². The van der Waals surface area contributed by atoms with E-state index in [0.717, 1.165) is 0 Å². The van der Waals surface area contributed by atoms with Crippen molar-refractivity contribution in [2.24, 2.45) is 0 Å². The molecule has 0 aliphatic heterocycles. The Morgan fingerprint density at radius 1 is 1.44 bits per heavy atom. The number of nitro groups is 1. The number of hydrogen-bond acceptors (Lipinski definition) is 5. The lowest BCUT2D eigenvalue weighted by Gasteiger charge is -2.07. The van der Waals surface area contributed by atoms with E-state index in [0.29, 0.717) is 12.1 Å². The standard InChI is InChI=1S/C7H3BrClF2NO5S/c8-6-4(12(13)14)1-3(17-7(10)11)2-5(6)18(9,15)16/h1-2,7H. The van der Waals surface area contributed by atoms with Gasteiger partial charge in [-0.25, -0.2) is 8.42 Å². The molecule has 0 unspecified atom stereocenters. The molecule has 0 amide bonds. The van der Waals surface area contributed by atoms with Crippen molar-refractivity contribution in [3.8, 4) is 5.75 Å². The van der Waals surface area contributed by atoms with Gasteiger partial charge in [0.1, 0.15) is 15.1 Å². The van der Waals surface area contributed by atoms with E-state index in [4.69, 9.17) is 10.7 Å². The minimum atomic E-state index is -4.35. The average Bonchev–Trinajstić information content (AvgIpc) is 2.17. The summed E-state index contributed by atoms with van der Waals surface area (Å²) in [4.78, 5) is 8.94. The normalized spacial score (nSPS) is 11.6. The van der Waals surface area contributed by atoms with Crippen molar-refractivity contribution in [3.05, 3.63) is 26.7 Å². The number of ether oxygens (including phenoxy) is 1. The van der Waals surface area contributed by atoms with Gasteiger partial charge in [-0.3, -0.25) is 10.1 Å². The second-order valence-corrected chi connectivity index (χ2v) is 6.16. The van der Waals surface area contributed by atoms with Crippen LogP contribution in [0.4, 0.5) is 14.5 Å². The maximum absolute atomic E-state index is 12.0. The maximum atomic E-state index is 12.0. The lowest BCUT2D eigenvalue weighted by molar-refractivity contribution is -0.386. The third-order valence-corrected chi connectivity index (χ3v) is 4.12. The zero-order chi connectivity index (χ0) is 14.1. The quantitative estimate of drug-likeness (QED) is 0.464. The van der Waals surface area contributed by atoms with E-state index in [2.05, 4.69) is 20.7 Å². The minimum Gasteiger partial charge on any atom is -0.435 e. The summed E-state index contributed by atoms with van der Waals surface area (Å²) in [6.07, 6.45) is 0. The van der Waals surface area contributed by atoms with Gasteiger partial charge in [-0.15, -0.1) is 0 Å². The zero-order valence-corrected chi connectivity index (χ0v) is 11.3. The van der Waals surface area contributed by atoms with E-state index in [1.807, 2.05) is 0 Å². The van der Waals surface area contributed by atoms with E-state index in [9.17, 15) is 27.3 Å². The Morgan fingerprint density at radius 3 is 2.39 bits per heavy atom. The summed E-state index contributed by atoms with van der Waals surface area (Å²) in [7, 11) is 0.674. The van der Waals surface area contributed by atoms with Gasteiger partial charge in [0.15, 0.2) is 0 Å². The second kappa shape index (κ2) is 5.33. The lowest BCUT2D eigenvalue weighted by atomic mass is 10.3. The van der Waals surface area contributed by atoms with Crippen LogP contribution in [0, 0.1) is 10.1 Å². The van der Waals surface area contributed by atoms with Gasteiger partial charge in [-0.2, -0.15) is 8.78 Å². The van der Waals surface area contributed by atoms with Crippen LogP contribution < -0.4 is 4.74 Å². The molecule has 11 heteroatoms. The van der Waals surface area contributed by atoms with Gasteiger partial charge in [-0.1, -0.05) is 0 Å². The summed E-state index contributed by atoms with van der Waals surface area (Å²) in [5.41, 5.74) is -0.757. The fourth-order valence-electron chi connectivity index (χ4n) is 1.04. The van der Waals surface area contributed by atoms with E-state index >= 15 is 0 Å². The number of rotatable bonds is 4. The molecular weight excluding hydrogens is 363 g/mol. The van der Waals surface area contributed by atoms with Crippen LogP contribution in [0.25, 0.3) is 0 Å². The topological polar surface area (TPSA) is 86.5 Å². The number of benzene rings is 1. The highest BCUT2D eigenvalue weighted by atomic mass is 79.9. The average molecular weight is 367 g/mol. The Hall–Kier alpha value is -1.00. The molecule has 0 radical (unpaired) electrons. The molecule has 0 aliphatic carbocycles. The molecule has 100 valence electrons. The van der Waals surface area contributed by atoms with Crippen LogP contribution in [0.3, 0.4) is 0 Å². The fourth-order valence-corrected chi connectivity index (χ4v) is 3.27. The maximum Gasteiger partial charge on any atom is 0.387 e. The summed E-state index contributed by atoms with van der Waals surface area (Å²) in [5.74, 6) is -0.681. The molecule has 1 rings (SSSR count). The van der Waals surface area contributed by atoms with Crippen molar-refractivity contribution in [3.63, 3.8) is 0 Å². The Kier molecular flexibility index (Phi) is 4.46. The third-order valence-electron chi connectivity index (χ3n) is 1.68. The van der Waals surface area contributed by atoms with Gasteiger partial charge in [-0.05, 0) is 15.9 Å². The van der Waals surface area contributed by atoms with E-state index in [1.54, 1.807) is 0 Å². The molecule has 18 heavy (non-hydrogen) atoms. The monoisotopic (exact) mass is 365 g/mol. The summed E-state index contributed by atoms with van der Waals surface area (Å²) in [6, 6.07) is 1.31. The first-order chi connectivity index (χ1) is 8.12. The van der Waals surface area contributed by atoms with Gasteiger partial charge in [0.2, 0.25) is 0 Å². The van der Waals surface area contributed by atoms with Crippen molar-refractivity contribution in [2.75, 3.05) is 0 Å². The Balaban J connectivity index is 3.52. The van der Waals surface area contributed by atoms with Crippen LogP contribution in [-0.2, 0) is 9.05 Å². The van der Waals surface area contributed by atoms with Crippen molar-refractivity contribution < 1.29 is 26.9 Å². The van der Waals surface area contributed by atoms with Gasteiger partial charge in [0.05, 0.1) is 11.0 Å². The molecule has 0 heterocycles. The SMILES string of the molecule is O=[N+]([O-])c1cc(OC(F)F)cc(S(=O)(=O)Cl)c1Br. The highest BCUT2D eigenvalue weighted by Crippen LogP contribution is 2.37. The van der Waals surface area contributed by atoms with Crippen LogP contribution in [0.2, 0.25) is 0 Å². The Labute approximate surface area is 112 Å². The summed E-state index contributed by atoms with van der Waals surface area (Å²) in [5, 5.41) is 10.6. The van der Waals surface area contributed by atoms with E-state index < -0.39 is 41.4 Å². The molecule has 0 saturated carbocycles. The summed E-state index contributed by atoms with van der Waals surface area (Å²) in [6.45, 7) is -3.25. The summed E-state index contributed by atoms with van der Waals surface area (Å²) >= 11 is 2.67. The number of nitrogens with zero attached hydrogens (tertiary/aromatic N) is 1. The number of nitro benzene ring substituents is 1. The smallest absolute Gasteiger partial charge is 0.387 e. The van der Waals surface area contributed by atoms with E-state index in [1.165, 1.54) is 0 Å². The molecule has 0 N–H and O–H groups in total. The van der Waals surface area contributed by atoms with E-state index in [-0.39, 0.29) is 0 Å². The zero-order valence-electron chi connectivity index (χ0n) is 8.14. The molecule has 0 aromatic heterocycles. The number of halogens is 4. The van der Waals surface area contributed by atoms with Gasteiger partial charge in [0.25, 0.3) is 14.7 Å². The molecule has 0 bridgehead atoms. The molecule has 0 aliphatic rings. The second-order valence-electron chi connectivity index (χ2n) is 2.83. The van der Waals surface area contributed by atoms with Crippen LogP contribution in [0.5, 0.6) is 5.75 Å². The molecule has 1 aromatic carbocycles. The van der Waals surface area contributed by atoms with Crippen molar-refractivity contribution in [1.82, 2.24) is 0 Å². The number of alkyl halides is 2. The first-order valence-corrected chi connectivity index (χ1v) is 7.10. The lowest BCUT2D eigenvalue weighted by Crippen LogP contribution is -2.05. The molecule has 0 fully saturated rings. The van der Waals surface area contributed by atoms with Gasteiger partial charge >= 0.3 is 6.61 Å². The fraction of sp³-hybridized carbons (Fsp3) is 0.143. The van der Waals surface area contributed by atoms with Gasteiger partial charge in [0, 0.05) is 16.7 Å². The largest absolute Gasteiger partial charge is 0.435 e.